The van der Waals surface area contributed by atoms with Crippen molar-refractivity contribution in [2.24, 2.45) is 4.99 Å². The van der Waals surface area contributed by atoms with E-state index < -0.39 is 12.2 Å². The van der Waals surface area contributed by atoms with Gasteiger partial charge in [-0.25, -0.2) is 4.99 Å². The number of hydrogen-bond acceptors (Lipinski definition) is 4. The average Bonchev–Trinajstić information content (AvgIpc) is 2.45. The van der Waals surface area contributed by atoms with Gasteiger partial charge in [0.15, 0.2) is 0 Å². The van der Waals surface area contributed by atoms with Crippen molar-refractivity contribution in [3.8, 4) is 0 Å². The summed E-state index contributed by atoms with van der Waals surface area (Å²) in [5.41, 5.74) is 1.64. The van der Waals surface area contributed by atoms with Crippen molar-refractivity contribution in [2.75, 3.05) is 0 Å². The highest BCUT2D eigenvalue weighted by atomic mass is 16.3. The van der Waals surface area contributed by atoms with E-state index in [9.17, 15) is 15.0 Å². The van der Waals surface area contributed by atoms with Crippen molar-refractivity contribution in [2.45, 2.75) is 51.5 Å². The Balaban J connectivity index is 2.35. The van der Waals surface area contributed by atoms with E-state index in [1.165, 1.54) is 6.08 Å². The second kappa shape index (κ2) is 6.47. The molecule has 2 rings (SSSR count). The Morgan fingerprint density at radius 1 is 1.33 bits per heavy atom. The van der Waals surface area contributed by atoms with Crippen LogP contribution in [0.5, 0.6) is 0 Å². The summed E-state index contributed by atoms with van der Waals surface area (Å²) in [4.78, 5) is 15.2. The molecule has 0 saturated heterocycles. The van der Waals surface area contributed by atoms with Crippen molar-refractivity contribution in [3.05, 3.63) is 35.5 Å². The zero-order chi connectivity index (χ0) is 15.6. The lowest BCUT2D eigenvalue weighted by atomic mass is 9.86. The molecule has 5 heteroatoms. The van der Waals surface area contributed by atoms with E-state index in [0.717, 1.165) is 6.42 Å². The minimum absolute atomic E-state index is 0.0975. The highest BCUT2D eigenvalue weighted by Gasteiger charge is 2.30. The molecule has 21 heavy (non-hydrogen) atoms. The van der Waals surface area contributed by atoms with Gasteiger partial charge in [-0.1, -0.05) is 26.8 Å². The van der Waals surface area contributed by atoms with E-state index in [4.69, 9.17) is 0 Å². The Morgan fingerprint density at radius 3 is 2.67 bits per heavy atom. The molecule has 0 aromatic rings. The number of aliphatic hydroxyl groups is 2. The fourth-order valence-corrected chi connectivity index (χ4v) is 2.64. The van der Waals surface area contributed by atoms with E-state index in [1.54, 1.807) is 18.2 Å². The molecule has 3 unspecified atom stereocenters. The van der Waals surface area contributed by atoms with Crippen LogP contribution in [-0.2, 0) is 4.79 Å². The van der Waals surface area contributed by atoms with Crippen LogP contribution in [0.1, 0.15) is 27.2 Å². The van der Waals surface area contributed by atoms with E-state index in [1.807, 2.05) is 20.8 Å². The van der Waals surface area contributed by atoms with Crippen LogP contribution < -0.4 is 5.32 Å². The third-order valence-electron chi connectivity index (χ3n) is 3.64. The molecule has 0 bridgehead atoms. The van der Waals surface area contributed by atoms with Crippen LogP contribution in [0.4, 0.5) is 0 Å². The number of aliphatic imine (C=N–C) groups is 1. The van der Waals surface area contributed by atoms with Crippen LogP contribution in [0.2, 0.25) is 0 Å². The van der Waals surface area contributed by atoms with Crippen molar-refractivity contribution in [3.63, 3.8) is 0 Å². The second-order valence-corrected chi connectivity index (χ2v) is 5.62. The van der Waals surface area contributed by atoms with Gasteiger partial charge in [0.1, 0.15) is 6.10 Å². The molecule has 1 aliphatic carbocycles. The monoisotopic (exact) mass is 290 g/mol. The van der Waals surface area contributed by atoms with Crippen molar-refractivity contribution < 1.29 is 15.0 Å². The number of aliphatic hydroxyl groups excluding tert-OH is 2. The Kier molecular flexibility index (Phi) is 4.88. The minimum atomic E-state index is -0.900. The van der Waals surface area contributed by atoms with E-state index >= 15 is 0 Å². The maximum absolute atomic E-state index is 11.4. The van der Waals surface area contributed by atoms with Crippen molar-refractivity contribution >= 4 is 11.6 Å². The normalized spacial score (nSPS) is 24.2. The maximum Gasteiger partial charge on any atom is 0.270 e. The molecule has 1 aliphatic heterocycles. The lowest BCUT2D eigenvalue weighted by Crippen LogP contribution is -2.45. The molecule has 0 radical (unpaired) electrons. The lowest BCUT2D eigenvalue weighted by Gasteiger charge is -2.30. The van der Waals surface area contributed by atoms with Gasteiger partial charge >= 0.3 is 0 Å². The number of nitrogens with one attached hydrogen (secondary N) is 1. The lowest BCUT2D eigenvalue weighted by molar-refractivity contribution is -0.113. The smallest absolute Gasteiger partial charge is 0.270 e. The zero-order valence-corrected chi connectivity index (χ0v) is 12.6. The van der Waals surface area contributed by atoms with Gasteiger partial charge in [-0.3, -0.25) is 4.79 Å². The molecule has 0 fully saturated rings. The number of fused-ring (bicyclic) bond motifs is 1. The fourth-order valence-electron chi connectivity index (χ4n) is 2.64. The number of hydrogen-bond donors (Lipinski definition) is 3. The van der Waals surface area contributed by atoms with E-state index in [-0.39, 0.29) is 18.0 Å². The quantitative estimate of drug-likeness (QED) is 0.702. The number of nitrogens with zero attached hydrogens (tertiary/aromatic N) is 1. The molecule has 3 atom stereocenters. The first-order valence-corrected chi connectivity index (χ1v) is 7.29. The van der Waals surface area contributed by atoms with Crippen LogP contribution in [-0.4, -0.2) is 46.1 Å². The highest BCUT2D eigenvalue weighted by molar-refractivity contribution is 6.17. The molecule has 0 spiro atoms. The Morgan fingerprint density at radius 2 is 2.05 bits per heavy atom. The van der Waals surface area contributed by atoms with Gasteiger partial charge in [0.25, 0.3) is 5.91 Å². The van der Waals surface area contributed by atoms with Crippen LogP contribution in [0.15, 0.2) is 40.4 Å². The first-order chi connectivity index (χ1) is 9.93. The number of carbonyl (C=O) groups is 1. The van der Waals surface area contributed by atoms with Crippen LogP contribution in [0.25, 0.3) is 0 Å². The Labute approximate surface area is 124 Å². The van der Waals surface area contributed by atoms with Gasteiger partial charge in [0.05, 0.1) is 11.8 Å². The van der Waals surface area contributed by atoms with Gasteiger partial charge in [-0.15, -0.1) is 0 Å². The molecule has 3 N–H and O–H groups in total. The van der Waals surface area contributed by atoms with Gasteiger partial charge in [0, 0.05) is 23.7 Å². The summed E-state index contributed by atoms with van der Waals surface area (Å²) in [6.45, 7) is 6.06. The third kappa shape index (κ3) is 3.37. The summed E-state index contributed by atoms with van der Waals surface area (Å²) in [5.74, 6) is -0.385. The zero-order valence-electron chi connectivity index (χ0n) is 12.6. The molecule has 0 saturated carbocycles. The first-order valence-electron chi connectivity index (χ1n) is 7.29. The van der Waals surface area contributed by atoms with Crippen LogP contribution in [0, 0.1) is 0 Å². The van der Waals surface area contributed by atoms with Crippen LogP contribution >= 0.6 is 0 Å². The van der Waals surface area contributed by atoms with Gasteiger partial charge < -0.3 is 15.5 Å². The summed E-state index contributed by atoms with van der Waals surface area (Å²) >= 11 is 0. The maximum atomic E-state index is 11.4. The molecule has 114 valence electrons. The standard InChI is InChI=1S/C16H22N2O3/c1-4-12(17-9(2)3)16(21)11-5-7-13(19)15-10(11)6-8-14(20)18-15/h5-9,12-13,16-17,19,21H,4H2,1-3H3. The highest BCUT2D eigenvalue weighted by Crippen LogP contribution is 2.26. The van der Waals surface area contributed by atoms with Gasteiger partial charge in [-0.05, 0) is 24.1 Å². The number of dihydropyridines is 1. The van der Waals surface area contributed by atoms with Crippen LogP contribution in [0.3, 0.4) is 0 Å². The Bertz CT molecular complexity index is 544. The molecule has 2 aliphatic rings. The fraction of sp³-hybridized carbons (Fsp3) is 0.500. The third-order valence-corrected chi connectivity index (χ3v) is 3.64. The predicted molar refractivity (Wildman–Crippen MR) is 82.1 cm³/mol. The first kappa shape index (κ1) is 15.8. The molecule has 0 aromatic heterocycles. The van der Waals surface area contributed by atoms with Crippen molar-refractivity contribution in [1.82, 2.24) is 5.32 Å². The summed E-state index contributed by atoms with van der Waals surface area (Å²) in [6.07, 6.45) is 5.39. The molecular weight excluding hydrogens is 268 g/mol. The molecule has 5 nitrogen and oxygen atoms in total. The molecule has 0 aromatic carbocycles. The number of carbonyl (C=O) groups excluding carboxylic acids is 1. The average molecular weight is 290 g/mol. The predicted octanol–water partition coefficient (Wildman–Crippen LogP) is 0.889. The number of rotatable bonds is 5. The minimum Gasteiger partial charge on any atom is -0.387 e. The Hall–Kier alpha value is -1.56. The van der Waals surface area contributed by atoms with E-state index in [2.05, 4.69) is 10.3 Å². The summed E-state index contributed by atoms with van der Waals surface area (Å²) in [6, 6.07) is 0.157. The van der Waals surface area contributed by atoms with Gasteiger partial charge in [0.2, 0.25) is 0 Å². The van der Waals surface area contributed by atoms with E-state index in [0.29, 0.717) is 16.9 Å². The number of allylic oxidation sites excluding steroid dienone is 1. The largest absolute Gasteiger partial charge is 0.387 e. The second-order valence-electron chi connectivity index (χ2n) is 5.62. The molecule has 1 amide bonds. The van der Waals surface area contributed by atoms with Gasteiger partial charge in [-0.2, -0.15) is 0 Å². The number of amides is 1. The SMILES string of the molecule is CCC(NC(C)C)C(O)C1=C2C=CC(=O)N=C2C(O)C=C1. The summed E-state index contributed by atoms with van der Waals surface area (Å²) in [5, 5.41) is 23.9. The summed E-state index contributed by atoms with van der Waals surface area (Å²) in [7, 11) is 0. The molecule has 1 heterocycles. The van der Waals surface area contributed by atoms with Crippen molar-refractivity contribution in [1.29, 1.82) is 0 Å². The molecular formula is C16H22N2O3. The topological polar surface area (TPSA) is 81.9 Å². The summed E-state index contributed by atoms with van der Waals surface area (Å²) < 4.78 is 0.